The summed E-state index contributed by atoms with van der Waals surface area (Å²) >= 11 is 0. The second-order valence-corrected chi connectivity index (χ2v) is 5.67. The molecule has 0 fully saturated rings. The van der Waals surface area contributed by atoms with Crippen molar-refractivity contribution in [2.24, 2.45) is 5.73 Å². The topological polar surface area (TPSA) is 60.0 Å². The third-order valence-electron chi connectivity index (χ3n) is 3.86. The van der Waals surface area contributed by atoms with Crippen molar-refractivity contribution >= 4 is 5.69 Å². The van der Waals surface area contributed by atoms with Crippen molar-refractivity contribution in [3.05, 3.63) is 71.5 Å². The highest BCUT2D eigenvalue weighted by atomic mass is 15.4. The van der Waals surface area contributed by atoms with Crippen LogP contribution in [0.1, 0.15) is 17.0 Å². The Hall–Kier alpha value is -2.66. The van der Waals surface area contributed by atoms with E-state index in [-0.39, 0.29) is 0 Å². The van der Waals surface area contributed by atoms with Crippen LogP contribution in [0.4, 0.5) is 5.69 Å². The highest BCUT2D eigenvalue weighted by Gasteiger charge is 2.14. The van der Waals surface area contributed by atoms with E-state index in [9.17, 15) is 0 Å². The maximum atomic E-state index is 5.84. The van der Waals surface area contributed by atoms with Crippen LogP contribution in [-0.4, -0.2) is 29.1 Å². The molecule has 0 saturated heterocycles. The zero-order valence-electron chi connectivity index (χ0n) is 13.5. The van der Waals surface area contributed by atoms with Crippen LogP contribution in [0.5, 0.6) is 0 Å². The molecule has 5 nitrogen and oxygen atoms in total. The molecule has 3 aromatic rings. The summed E-state index contributed by atoms with van der Waals surface area (Å²) in [5.41, 5.74) is 11.1. The predicted octanol–water partition coefficient (Wildman–Crippen LogP) is 2.38. The molecular formula is C18H21N5. The number of benzene rings is 2. The van der Waals surface area contributed by atoms with E-state index in [0.717, 1.165) is 29.2 Å². The molecule has 0 saturated carbocycles. The van der Waals surface area contributed by atoms with Gasteiger partial charge in [-0.1, -0.05) is 35.5 Å². The second-order valence-electron chi connectivity index (χ2n) is 5.67. The average Bonchev–Trinajstić information content (AvgIpc) is 2.98. The first kappa shape index (κ1) is 15.2. The van der Waals surface area contributed by atoms with E-state index in [1.807, 2.05) is 37.0 Å². The van der Waals surface area contributed by atoms with Gasteiger partial charge in [0.15, 0.2) is 0 Å². The van der Waals surface area contributed by atoms with Crippen molar-refractivity contribution in [2.75, 3.05) is 19.0 Å². The Kier molecular flexibility index (Phi) is 4.39. The number of hydrogen-bond donors (Lipinski definition) is 1. The van der Waals surface area contributed by atoms with Crippen LogP contribution in [-0.2, 0) is 13.0 Å². The van der Waals surface area contributed by atoms with Crippen LogP contribution >= 0.6 is 0 Å². The minimum absolute atomic E-state index is 0.387. The summed E-state index contributed by atoms with van der Waals surface area (Å²) in [7, 11) is 4.05. The summed E-state index contributed by atoms with van der Waals surface area (Å²) in [6, 6.07) is 18.6. The van der Waals surface area contributed by atoms with Crippen LogP contribution in [0.3, 0.4) is 0 Å². The fourth-order valence-electron chi connectivity index (χ4n) is 2.56. The monoisotopic (exact) mass is 307 g/mol. The number of nitrogens with two attached hydrogens (primary N) is 1. The smallest absolute Gasteiger partial charge is 0.100 e. The minimum Gasteiger partial charge on any atom is -0.378 e. The van der Waals surface area contributed by atoms with Gasteiger partial charge in [0, 0.05) is 32.7 Å². The minimum atomic E-state index is 0.387. The van der Waals surface area contributed by atoms with Gasteiger partial charge in [-0.25, -0.2) is 4.68 Å². The maximum absolute atomic E-state index is 5.84. The largest absolute Gasteiger partial charge is 0.378 e. The number of rotatable bonds is 5. The van der Waals surface area contributed by atoms with Crippen LogP contribution in [0.2, 0.25) is 0 Å². The van der Waals surface area contributed by atoms with Gasteiger partial charge in [0.2, 0.25) is 0 Å². The van der Waals surface area contributed by atoms with E-state index in [1.165, 1.54) is 5.56 Å². The lowest BCUT2D eigenvalue weighted by Gasteiger charge is -2.13. The van der Waals surface area contributed by atoms with E-state index in [2.05, 4.69) is 51.6 Å². The van der Waals surface area contributed by atoms with Crippen LogP contribution in [0.25, 0.3) is 5.69 Å². The van der Waals surface area contributed by atoms with Gasteiger partial charge in [0.05, 0.1) is 11.4 Å². The van der Waals surface area contributed by atoms with E-state index in [4.69, 9.17) is 5.73 Å². The second kappa shape index (κ2) is 6.62. The zero-order chi connectivity index (χ0) is 16.2. The van der Waals surface area contributed by atoms with E-state index in [0.29, 0.717) is 6.54 Å². The summed E-state index contributed by atoms with van der Waals surface area (Å²) in [4.78, 5) is 2.07. The molecule has 23 heavy (non-hydrogen) atoms. The average molecular weight is 307 g/mol. The van der Waals surface area contributed by atoms with Gasteiger partial charge in [-0.2, -0.15) is 0 Å². The molecule has 0 radical (unpaired) electrons. The molecule has 118 valence electrons. The SMILES string of the molecule is CN(C)c1ccc(-n2nnc(CN)c2Cc2ccccc2)cc1. The Balaban J connectivity index is 1.97. The molecular weight excluding hydrogens is 286 g/mol. The fourth-order valence-corrected chi connectivity index (χ4v) is 2.56. The highest BCUT2D eigenvalue weighted by molar-refractivity contribution is 5.50. The van der Waals surface area contributed by atoms with Gasteiger partial charge in [0.1, 0.15) is 5.69 Å². The van der Waals surface area contributed by atoms with Gasteiger partial charge in [-0.3, -0.25) is 0 Å². The van der Waals surface area contributed by atoms with Gasteiger partial charge in [0.25, 0.3) is 0 Å². The molecule has 0 aliphatic rings. The number of aromatic nitrogens is 3. The van der Waals surface area contributed by atoms with Crippen molar-refractivity contribution in [3.63, 3.8) is 0 Å². The van der Waals surface area contributed by atoms with E-state index < -0.39 is 0 Å². The first-order valence-electron chi connectivity index (χ1n) is 7.64. The van der Waals surface area contributed by atoms with Crippen molar-refractivity contribution in [2.45, 2.75) is 13.0 Å². The summed E-state index contributed by atoms with van der Waals surface area (Å²) < 4.78 is 1.88. The molecule has 0 bridgehead atoms. The van der Waals surface area contributed by atoms with Gasteiger partial charge in [-0.15, -0.1) is 5.10 Å². The summed E-state index contributed by atoms with van der Waals surface area (Å²) in [6.45, 7) is 0.387. The van der Waals surface area contributed by atoms with Gasteiger partial charge in [-0.05, 0) is 29.8 Å². The van der Waals surface area contributed by atoms with E-state index >= 15 is 0 Å². The van der Waals surface area contributed by atoms with Crippen molar-refractivity contribution in [1.29, 1.82) is 0 Å². The lowest BCUT2D eigenvalue weighted by molar-refractivity contribution is 0.772. The Morgan fingerprint density at radius 3 is 2.30 bits per heavy atom. The molecule has 0 atom stereocenters. The summed E-state index contributed by atoms with van der Waals surface area (Å²) in [6.07, 6.45) is 0.760. The molecule has 5 heteroatoms. The van der Waals surface area contributed by atoms with Crippen molar-refractivity contribution in [3.8, 4) is 5.69 Å². The normalized spacial score (nSPS) is 10.7. The summed E-state index contributed by atoms with van der Waals surface area (Å²) in [5, 5.41) is 8.54. The predicted molar refractivity (Wildman–Crippen MR) is 92.8 cm³/mol. The Morgan fingerprint density at radius 1 is 1.00 bits per heavy atom. The lowest BCUT2D eigenvalue weighted by atomic mass is 10.1. The third kappa shape index (κ3) is 3.24. The highest BCUT2D eigenvalue weighted by Crippen LogP contribution is 2.19. The molecule has 2 aromatic carbocycles. The quantitative estimate of drug-likeness (QED) is 0.786. The molecule has 0 aliphatic carbocycles. The Morgan fingerprint density at radius 2 is 1.70 bits per heavy atom. The molecule has 1 aromatic heterocycles. The molecule has 0 aliphatic heterocycles. The molecule has 2 N–H and O–H groups in total. The lowest BCUT2D eigenvalue weighted by Crippen LogP contribution is -2.09. The number of anilines is 1. The molecule has 0 unspecified atom stereocenters. The molecule has 1 heterocycles. The Labute approximate surface area is 136 Å². The number of nitrogens with zero attached hydrogens (tertiary/aromatic N) is 4. The van der Waals surface area contributed by atoms with Crippen molar-refractivity contribution in [1.82, 2.24) is 15.0 Å². The van der Waals surface area contributed by atoms with Crippen LogP contribution in [0.15, 0.2) is 54.6 Å². The van der Waals surface area contributed by atoms with E-state index in [1.54, 1.807) is 0 Å². The van der Waals surface area contributed by atoms with Gasteiger partial charge < -0.3 is 10.6 Å². The molecule has 3 rings (SSSR count). The zero-order valence-corrected chi connectivity index (χ0v) is 13.5. The fraction of sp³-hybridized carbons (Fsp3) is 0.222. The third-order valence-corrected chi connectivity index (χ3v) is 3.86. The van der Waals surface area contributed by atoms with Crippen LogP contribution in [0, 0.1) is 0 Å². The van der Waals surface area contributed by atoms with Crippen molar-refractivity contribution < 1.29 is 0 Å². The first-order chi connectivity index (χ1) is 11.2. The molecule has 0 spiro atoms. The Bertz CT molecular complexity index is 760. The maximum Gasteiger partial charge on any atom is 0.100 e. The summed E-state index contributed by atoms with van der Waals surface area (Å²) in [5.74, 6) is 0. The van der Waals surface area contributed by atoms with Crippen LogP contribution < -0.4 is 10.6 Å². The number of hydrogen-bond acceptors (Lipinski definition) is 4. The standard InChI is InChI=1S/C18H21N5/c1-22(2)15-8-10-16(11-9-15)23-18(17(13-19)20-21-23)12-14-6-4-3-5-7-14/h3-11H,12-13,19H2,1-2H3. The molecule has 0 amide bonds. The first-order valence-corrected chi connectivity index (χ1v) is 7.64. The van der Waals surface area contributed by atoms with Gasteiger partial charge >= 0.3 is 0 Å².